The van der Waals surface area contributed by atoms with Crippen LogP contribution in [0.15, 0.2) is 47.0 Å². The summed E-state index contributed by atoms with van der Waals surface area (Å²) in [4.78, 5) is 28.8. The van der Waals surface area contributed by atoms with Crippen LogP contribution >= 0.6 is 0 Å². The molecule has 0 fully saturated rings. The first-order valence-electron chi connectivity index (χ1n) is 8.48. The average molecular weight is 398 g/mol. The van der Waals surface area contributed by atoms with E-state index in [1.54, 1.807) is 31.4 Å². The lowest BCUT2D eigenvalue weighted by molar-refractivity contribution is -0.385. The van der Waals surface area contributed by atoms with Gasteiger partial charge in [-0.1, -0.05) is 5.16 Å². The maximum atomic E-state index is 12.6. The van der Waals surface area contributed by atoms with E-state index in [0.717, 1.165) is 5.56 Å². The zero-order valence-electron chi connectivity index (χ0n) is 16.0. The Hall–Kier alpha value is -3.95. The highest BCUT2D eigenvalue weighted by Crippen LogP contribution is 2.28. The van der Waals surface area contributed by atoms with Gasteiger partial charge in [0.1, 0.15) is 5.75 Å². The van der Waals surface area contributed by atoms with Gasteiger partial charge in [0.25, 0.3) is 5.91 Å². The van der Waals surface area contributed by atoms with Gasteiger partial charge in [-0.15, -0.1) is 0 Å². The molecule has 3 rings (SSSR count). The predicted molar refractivity (Wildman–Crippen MR) is 102 cm³/mol. The maximum absolute atomic E-state index is 12.6. The number of methoxy groups -OCH3 is 2. The second-order valence-electron chi connectivity index (χ2n) is 6.05. The topological polar surface area (TPSA) is 121 Å². The molecule has 0 N–H and O–H groups in total. The van der Waals surface area contributed by atoms with Gasteiger partial charge in [0.2, 0.25) is 11.7 Å². The van der Waals surface area contributed by atoms with Crippen LogP contribution in [0.2, 0.25) is 0 Å². The van der Waals surface area contributed by atoms with Crippen molar-refractivity contribution in [1.82, 2.24) is 15.0 Å². The number of nitro benzene ring substituents is 1. The maximum Gasteiger partial charge on any atom is 0.311 e. The molecular weight excluding hydrogens is 380 g/mol. The molecule has 0 unspecified atom stereocenters. The van der Waals surface area contributed by atoms with Crippen LogP contribution in [-0.2, 0) is 6.54 Å². The Morgan fingerprint density at radius 3 is 2.52 bits per heavy atom. The normalized spacial score (nSPS) is 10.4. The zero-order valence-corrected chi connectivity index (χ0v) is 16.0. The van der Waals surface area contributed by atoms with Crippen LogP contribution in [0.25, 0.3) is 11.4 Å². The van der Waals surface area contributed by atoms with E-state index < -0.39 is 10.8 Å². The van der Waals surface area contributed by atoms with Gasteiger partial charge in [0.05, 0.1) is 25.7 Å². The lowest BCUT2D eigenvalue weighted by Crippen LogP contribution is -2.26. The molecule has 0 aliphatic rings. The van der Waals surface area contributed by atoms with Gasteiger partial charge in [0.15, 0.2) is 5.75 Å². The predicted octanol–water partition coefficient (Wildman–Crippen LogP) is 2.93. The first-order valence-corrected chi connectivity index (χ1v) is 8.48. The highest BCUT2D eigenvalue weighted by Gasteiger charge is 2.21. The van der Waals surface area contributed by atoms with Crippen molar-refractivity contribution in [2.75, 3.05) is 21.3 Å². The molecule has 0 saturated heterocycles. The summed E-state index contributed by atoms with van der Waals surface area (Å²) in [5, 5.41) is 15.1. The van der Waals surface area contributed by atoms with E-state index in [4.69, 9.17) is 14.0 Å². The summed E-state index contributed by atoms with van der Waals surface area (Å²) < 4.78 is 15.3. The molecule has 0 aliphatic carbocycles. The number of rotatable bonds is 7. The van der Waals surface area contributed by atoms with Crippen molar-refractivity contribution in [3.05, 3.63) is 64.0 Å². The van der Waals surface area contributed by atoms with E-state index >= 15 is 0 Å². The number of aromatic nitrogens is 2. The summed E-state index contributed by atoms with van der Waals surface area (Å²) in [7, 11) is 4.44. The van der Waals surface area contributed by atoms with Crippen LogP contribution in [0.4, 0.5) is 5.69 Å². The molecule has 0 atom stereocenters. The second-order valence-corrected chi connectivity index (χ2v) is 6.05. The molecule has 3 aromatic rings. The Morgan fingerprint density at radius 2 is 1.90 bits per heavy atom. The summed E-state index contributed by atoms with van der Waals surface area (Å²) in [6, 6.07) is 11.1. The van der Waals surface area contributed by atoms with Crippen LogP contribution in [0, 0.1) is 10.1 Å². The molecule has 0 saturated carbocycles. The van der Waals surface area contributed by atoms with Crippen LogP contribution < -0.4 is 9.47 Å². The zero-order chi connectivity index (χ0) is 21.0. The highest BCUT2D eigenvalue weighted by molar-refractivity contribution is 5.95. The van der Waals surface area contributed by atoms with E-state index in [1.807, 2.05) is 0 Å². The Labute approximate surface area is 165 Å². The van der Waals surface area contributed by atoms with E-state index in [2.05, 4.69) is 10.1 Å². The van der Waals surface area contributed by atoms with Crippen molar-refractivity contribution in [1.29, 1.82) is 0 Å². The summed E-state index contributed by atoms with van der Waals surface area (Å²) in [6.07, 6.45) is 0. The number of hydrogen-bond acceptors (Lipinski definition) is 8. The van der Waals surface area contributed by atoms with Gasteiger partial charge >= 0.3 is 5.69 Å². The van der Waals surface area contributed by atoms with Crippen LogP contribution in [0.3, 0.4) is 0 Å². The molecule has 1 amide bonds. The van der Waals surface area contributed by atoms with E-state index in [0.29, 0.717) is 11.6 Å². The van der Waals surface area contributed by atoms with Crippen molar-refractivity contribution in [2.45, 2.75) is 6.54 Å². The smallest absolute Gasteiger partial charge is 0.311 e. The molecule has 10 nitrogen and oxygen atoms in total. The first-order chi connectivity index (χ1) is 13.9. The monoisotopic (exact) mass is 398 g/mol. The Kier molecular flexibility index (Phi) is 5.72. The van der Waals surface area contributed by atoms with Crippen LogP contribution in [0.5, 0.6) is 11.5 Å². The number of nitro groups is 1. The summed E-state index contributed by atoms with van der Waals surface area (Å²) >= 11 is 0. The van der Waals surface area contributed by atoms with Gasteiger partial charge in [-0.25, -0.2) is 0 Å². The molecular formula is C19H18N4O6. The number of carbonyl (C=O) groups is 1. The van der Waals surface area contributed by atoms with Gasteiger partial charge in [0, 0.05) is 24.2 Å². The lowest BCUT2D eigenvalue weighted by Gasteiger charge is -2.15. The van der Waals surface area contributed by atoms with Crippen molar-refractivity contribution in [2.24, 2.45) is 0 Å². The first kappa shape index (κ1) is 19.8. The van der Waals surface area contributed by atoms with E-state index in [9.17, 15) is 14.9 Å². The fraction of sp³-hybridized carbons (Fsp3) is 0.211. The van der Waals surface area contributed by atoms with Crippen LogP contribution in [0.1, 0.15) is 16.2 Å². The molecule has 2 aromatic carbocycles. The molecule has 0 radical (unpaired) electrons. The highest BCUT2D eigenvalue weighted by atomic mass is 16.6. The molecule has 150 valence electrons. The van der Waals surface area contributed by atoms with Crippen molar-refractivity contribution in [3.63, 3.8) is 0 Å². The number of carbonyl (C=O) groups excluding carboxylic acids is 1. The third-order valence-electron chi connectivity index (χ3n) is 4.16. The minimum Gasteiger partial charge on any atom is -0.497 e. The Bertz CT molecular complexity index is 1030. The van der Waals surface area contributed by atoms with E-state index in [-0.39, 0.29) is 29.4 Å². The van der Waals surface area contributed by atoms with Crippen molar-refractivity contribution < 1.29 is 23.7 Å². The largest absolute Gasteiger partial charge is 0.497 e. The fourth-order valence-electron chi connectivity index (χ4n) is 2.64. The number of nitrogens with zero attached hydrogens (tertiary/aromatic N) is 4. The molecule has 0 bridgehead atoms. The van der Waals surface area contributed by atoms with E-state index in [1.165, 1.54) is 37.3 Å². The third-order valence-corrected chi connectivity index (χ3v) is 4.16. The van der Waals surface area contributed by atoms with Crippen LogP contribution in [-0.4, -0.2) is 47.1 Å². The van der Waals surface area contributed by atoms with Crippen molar-refractivity contribution in [3.8, 4) is 22.9 Å². The molecule has 29 heavy (non-hydrogen) atoms. The van der Waals surface area contributed by atoms with Gasteiger partial charge in [-0.05, 0) is 36.4 Å². The standard InChI is InChI=1S/C19H18N4O6/c1-22(19(24)13-6-9-16(28-3)15(10-13)23(25)26)11-17-20-18(21-29-17)12-4-7-14(27-2)8-5-12/h4-10H,11H2,1-3H3. The quantitative estimate of drug-likeness (QED) is 0.440. The molecule has 0 aliphatic heterocycles. The Balaban J connectivity index is 1.74. The molecule has 1 aromatic heterocycles. The number of amides is 1. The third kappa shape index (κ3) is 4.32. The molecule has 0 spiro atoms. The number of benzene rings is 2. The molecule has 1 heterocycles. The minimum absolute atomic E-state index is 0.0435. The second kappa shape index (κ2) is 8.38. The minimum atomic E-state index is -0.602. The number of hydrogen-bond donors (Lipinski definition) is 0. The molecule has 10 heteroatoms. The summed E-state index contributed by atoms with van der Waals surface area (Å²) in [5.41, 5.74) is 0.599. The van der Waals surface area contributed by atoms with Crippen molar-refractivity contribution >= 4 is 11.6 Å². The summed E-state index contributed by atoms with van der Waals surface area (Å²) in [6.45, 7) is 0.0435. The van der Waals surface area contributed by atoms with Gasteiger partial charge in [-0.2, -0.15) is 4.98 Å². The SMILES string of the molecule is COc1ccc(-c2noc(CN(C)C(=O)c3ccc(OC)c([N+](=O)[O-])c3)n2)cc1. The average Bonchev–Trinajstić information content (AvgIpc) is 3.21. The summed E-state index contributed by atoms with van der Waals surface area (Å²) in [5.74, 6) is 0.963. The Morgan fingerprint density at radius 1 is 1.17 bits per heavy atom. The number of ether oxygens (including phenoxy) is 2. The lowest BCUT2D eigenvalue weighted by atomic mass is 10.1. The van der Waals surface area contributed by atoms with Gasteiger partial charge in [-0.3, -0.25) is 14.9 Å². The van der Waals surface area contributed by atoms with Gasteiger partial charge < -0.3 is 18.9 Å². The fourth-order valence-corrected chi connectivity index (χ4v) is 2.64.